The first-order chi connectivity index (χ1) is 7.76. The topological polar surface area (TPSA) is 31.4 Å². The Morgan fingerprint density at radius 3 is 2.56 bits per heavy atom. The van der Waals surface area contributed by atoms with Gasteiger partial charge in [-0.2, -0.15) is 0 Å². The number of benzene rings is 1. The smallest absolute Gasteiger partial charge is 0.133 e. The molecule has 16 heavy (non-hydrogen) atoms. The Morgan fingerprint density at radius 1 is 1.19 bits per heavy atom. The lowest BCUT2D eigenvalue weighted by Gasteiger charge is -2.11. The Labute approximate surface area is 98.7 Å². The maximum atomic E-state index is 5.38. The van der Waals surface area contributed by atoms with Crippen LogP contribution < -0.4 is 9.47 Å². The highest BCUT2D eigenvalue weighted by molar-refractivity contribution is 7.13. The highest BCUT2D eigenvalue weighted by atomic mass is 32.1. The van der Waals surface area contributed by atoms with Gasteiger partial charge in [-0.05, 0) is 18.6 Å². The molecular weight excluding hydrogens is 222 g/mol. The number of nitrogens with zero attached hydrogens (tertiary/aromatic N) is 1. The third-order valence-corrected chi connectivity index (χ3v) is 3.17. The summed E-state index contributed by atoms with van der Waals surface area (Å²) in [5.41, 5.74) is 2.14. The summed E-state index contributed by atoms with van der Waals surface area (Å²) in [7, 11) is 3.31. The summed E-state index contributed by atoms with van der Waals surface area (Å²) in [5, 5.41) is 2.93. The number of methoxy groups -OCH3 is 2. The molecule has 1 aromatic heterocycles. The molecule has 0 N–H and O–H groups in total. The molecular formula is C12H13NO2S. The van der Waals surface area contributed by atoms with Gasteiger partial charge in [0.2, 0.25) is 0 Å². The molecule has 2 rings (SSSR count). The number of aryl methyl sites for hydroxylation is 1. The minimum atomic E-state index is 0.798. The van der Waals surface area contributed by atoms with Gasteiger partial charge in [-0.1, -0.05) is 0 Å². The molecule has 0 saturated heterocycles. The number of ether oxygens (including phenoxy) is 2. The van der Waals surface area contributed by atoms with E-state index in [0.29, 0.717) is 0 Å². The molecule has 0 bridgehead atoms. The lowest BCUT2D eigenvalue weighted by atomic mass is 10.1. The molecule has 0 aliphatic heterocycles. The van der Waals surface area contributed by atoms with Gasteiger partial charge in [0.25, 0.3) is 0 Å². The fraction of sp³-hybridized carbons (Fsp3) is 0.250. The van der Waals surface area contributed by atoms with Gasteiger partial charge >= 0.3 is 0 Å². The first kappa shape index (κ1) is 11.0. The van der Waals surface area contributed by atoms with Crippen molar-refractivity contribution in [2.45, 2.75) is 6.92 Å². The van der Waals surface area contributed by atoms with Crippen molar-refractivity contribution in [3.05, 3.63) is 29.3 Å². The van der Waals surface area contributed by atoms with E-state index in [1.807, 2.05) is 24.4 Å². The molecule has 3 nitrogen and oxygen atoms in total. The third kappa shape index (κ3) is 1.88. The van der Waals surface area contributed by atoms with Crippen molar-refractivity contribution < 1.29 is 9.47 Å². The molecule has 0 atom stereocenters. The van der Waals surface area contributed by atoms with Crippen molar-refractivity contribution in [2.75, 3.05) is 14.2 Å². The van der Waals surface area contributed by atoms with Crippen LogP contribution in [0.3, 0.4) is 0 Å². The van der Waals surface area contributed by atoms with E-state index in [9.17, 15) is 0 Å². The molecule has 0 radical (unpaired) electrons. The molecule has 0 aliphatic carbocycles. The molecule has 0 unspecified atom stereocenters. The number of aromatic nitrogens is 1. The molecule has 4 heteroatoms. The van der Waals surface area contributed by atoms with Crippen molar-refractivity contribution in [2.24, 2.45) is 0 Å². The summed E-state index contributed by atoms with van der Waals surface area (Å²) < 4.78 is 10.6. The zero-order valence-electron chi connectivity index (χ0n) is 9.48. The first-order valence-corrected chi connectivity index (χ1v) is 5.76. The predicted molar refractivity (Wildman–Crippen MR) is 65.4 cm³/mol. The van der Waals surface area contributed by atoms with E-state index in [-0.39, 0.29) is 0 Å². The van der Waals surface area contributed by atoms with Gasteiger partial charge in [0.15, 0.2) is 0 Å². The van der Waals surface area contributed by atoms with E-state index < -0.39 is 0 Å². The van der Waals surface area contributed by atoms with Crippen LogP contribution in [0.25, 0.3) is 10.6 Å². The van der Waals surface area contributed by atoms with Crippen LogP contribution >= 0.6 is 11.3 Å². The maximum Gasteiger partial charge on any atom is 0.133 e. The number of thiazole rings is 1. The molecule has 0 fully saturated rings. The Morgan fingerprint density at radius 2 is 2.00 bits per heavy atom. The SMILES string of the molecule is COc1cc(C)c(-c2nccs2)c(OC)c1. The van der Waals surface area contributed by atoms with Crippen LogP contribution in [0.15, 0.2) is 23.7 Å². The minimum absolute atomic E-state index is 0.798. The molecule has 0 amide bonds. The van der Waals surface area contributed by atoms with E-state index >= 15 is 0 Å². The fourth-order valence-electron chi connectivity index (χ4n) is 1.62. The van der Waals surface area contributed by atoms with Crippen molar-refractivity contribution in [1.82, 2.24) is 4.98 Å². The Kier molecular flexibility index (Phi) is 3.10. The summed E-state index contributed by atoms with van der Waals surface area (Å²) >= 11 is 1.60. The van der Waals surface area contributed by atoms with Crippen molar-refractivity contribution >= 4 is 11.3 Å². The quantitative estimate of drug-likeness (QED) is 0.819. The minimum Gasteiger partial charge on any atom is -0.497 e. The van der Waals surface area contributed by atoms with Crippen LogP contribution in [-0.4, -0.2) is 19.2 Å². The predicted octanol–water partition coefficient (Wildman–Crippen LogP) is 3.14. The molecule has 0 aliphatic rings. The van der Waals surface area contributed by atoms with Crippen LogP contribution in [0, 0.1) is 6.92 Å². The summed E-state index contributed by atoms with van der Waals surface area (Å²) in [5.74, 6) is 1.60. The van der Waals surface area contributed by atoms with Crippen LogP contribution in [-0.2, 0) is 0 Å². The summed E-state index contributed by atoms with van der Waals surface area (Å²) in [6, 6.07) is 3.86. The Bertz CT molecular complexity index is 480. The normalized spacial score (nSPS) is 10.2. The van der Waals surface area contributed by atoms with Crippen LogP contribution in [0.5, 0.6) is 11.5 Å². The molecule has 0 spiro atoms. The highest BCUT2D eigenvalue weighted by Gasteiger charge is 2.13. The molecule has 2 aromatic rings. The van der Waals surface area contributed by atoms with Crippen molar-refractivity contribution in [3.63, 3.8) is 0 Å². The second-order valence-electron chi connectivity index (χ2n) is 3.36. The highest BCUT2D eigenvalue weighted by Crippen LogP contribution is 2.37. The molecule has 84 valence electrons. The van der Waals surface area contributed by atoms with Gasteiger partial charge in [0.1, 0.15) is 16.5 Å². The lowest BCUT2D eigenvalue weighted by molar-refractivity contribution is 0.395. The average molecular weight is 235 g/mol. The van der Waals surface area contributed by atoms with Crippen molar-refractivity contribution in [1.29, 1.82) is 0 Å². The Hall–Kier alpha value is -1.55. The fourth-order valence-corrected chi connectivity index (χ4v) is 2.37. The largest absolute Gasteiger partial charge is 0.497 e. The third-order valence-electron chi connectivity index (χ3n) is 2.37. The molecule has 1 aromatic carbocycles. The van der Waals surface area contributed by atoms with Crippen molar-refractivity contribution in [3.8, 4) is 22.1 Å². The summed E-state index contributed by atoms with van der Waals surface area (Å²) in [6.45, 7) is 2.03. The number of hydrogen-bond donors (Lipinski definition) is 0. The Balaban J connectivity index is 2.60. The van der Waals surface area contributed by atoms with Gasteiger partial charge in [-0.15, -0.1) is 11.3 Å². The van der Waals surface area contributed by atoms with Gasteiger partial charge in [-0.3, -0.25) is 0 Å². The van der Waals surface area contributed by atoms with Gasteiger partial charge in [-0.25, -0.2) is 4.98 Å². The number of hydrogen-bond acceptors (Lipinski definition) is 4. The first-order valence-electron chi connectivity index (χ1n) is 4.88. The summed E-state index contributed by atoms with van der Waals surface area (Å²) in [4.78, 5) is 4.31. The zero-order valence-corrected chi connectivity index (χ0v) is 10.3. The van der Waals surface area contributed by atoms with Crippen LogP contribution in [0.2, 0.25) is 0 Å². The van der Waals surface area contributed by atoms with Gasteiger partial charge in [0.05, 0.1) is 19.8 Å². The average Bonchev–Trinajstić information content (AvgIpc) is 2.81. The summed E-state index contributed by atoms with van der Waals surface area (Å²) in [6.07, 6.45) is 1.79. The van der Waals surface area contributed by atoms with Crippen LogP contribution in [0.1, 0.15) is 5.56 Å². The monoisotopic (exact) mass is 235 g/mol. The van der Waals surface area contributed by atoms with E-state index in [1.54, 1.807) is 31.8 Å². The van der Waals surface area contributed by atoms with E-state index in [4.69, 9.17) is 9.47 Å². The maximum absolute atomic E-state index is 5.38. The van der Waals surface area contributed by atoms with E-state index in [2.05, 4.69) is 4.98 Å². The zero-order chi connectivity index (χ0) is 11.5. The lowest BCUT2D eigenvalue weighted by Crippen LogP contribution is -1.93. The van der Waals surface area contributed by atoms with E-state index in [0.717, 1.165) is 27.6 Å². The molecule has 0 saturated carbocycles. The van der Waals surface area contributed by atoms with E-state index in [1.165, 1.54) is 0 Å². The second kappa shape index (κ2) is 4.53. The molecule has 1 heterocycles. The van der Waals surface area contributed by atoms with Crippen LogP contribution in [0.4, 0.5) is 0 Å². The second-order valence-corrected chi connectivity index (χ2v) is 4.25. The standard InChI is InChI=1S/C12H13NO2S/c1-8-6-9(14-2)7-10(15-3)11(8)12-13-4-5-16-12/h4-7H,1-3H3. The van der Waals surface area contributed by atoms with Gasteiger partial charge in [0, 0.05) is 17.6 Å². The number of rotatable bonds is 3. The van der Waals surface area contributed by atoms with Gasteiger partial charge < -0.3 is 9.47 Å².